The molecule has 1 aromatic heterocycles. The van der Waals surface area contributed by atoms with Gasteiger partial charge < -0.3 is 14.8 Å². The molecule has 9 heteroatoms. The molecule has 1 aliphatic carbocycles. The van der Waals surface area contributed by atoms with Crippen LogP contribution in [0.2, 0.25) is 0 Å². The number of tetrazole rings is 1. The minimum atomic E-state index is -1.44. The number of hydrogen-bond acceptors (Lipinski definition) is 8. The highest BCUT2D eigenvalue weighted by Crippen LogP contribution is 2.40. The molecule has 33 heavy (non-hydrogen) atoms. The van der Waals surface area contributed by atoms with Crippen molar-refractivity contribution in [2.24, 2.45) is 17.8 Å². The number of fused-ring (bicyclic) bond motifs is 1. The normalized spacial score (nSPS) is 28.3. The number of aromatic nitrogens is 4. The summed E-state index contributed by atoms with van der Waals surface area (Å²) in [5.74, 6) is 1.12. The third-order valence-electron chi connectivity index (χ3n) is 6.78. The van der Waals surface area contributed by atoms with Crippen LogP contribution in [-0.2, 0) is 20.7 Å². The maximum absolute atomic E-state index is 12.9. The Balaban J connectivity index is 1.22. The predicted molar refractivity (Wildman–Crippen MR) is 120 cm³/mol. The summed E-state index contributed by atoms with van der Waals surface area (Å²) in [5, 5.41) is 17.3. The quantitative estimate of drug-likeness (QED) is 0.553. The Bertz CT molecular complexity index is 944. The van der Waals surface area contributed by atoms with E-state index in [1.54, 1.807) is 31.2 Å². The van der Waals surface area contributed by atoms with Gasteiger partial charge in [0.15, 0.2) is 5.82 Å². The summed E-state index contributed by atoms with van der Waals surface area (Å²) in [6.07, 6.45) is 5.41. The number of ether oxygens (including phenoxy) is 2. The second-order valence-corrected chi connectivity index (χ2v) is 9.14. The van der Waals surface area contributed by atoms with Gasteiger partial charge in [-0.05, 0) is 69.0 Å². The molecule has 0 spiro atoms. The minimum Gasteiger partial charge on any atom is -0.462 e. The monoisotopic (exact) mass is 456 g/mol. The van der Waals surface area contributed by atoms with Gasteiger partial charge in [-0.15, -0.1) is 10.2 Å². The number of hydrogen-bond donors (Lipinski definition) is 2. The smallest absolute Gasteiger partial charge is 0.338 e. The molecule has 0 amide bonds. The van der Waals surface area contributed by atoms with Gasteiger partial charge in [-0.25, -0.2) is 4.79 Å². The maximum Gasteiger partial charge on any atom is 0.338 e. The van der Waals surface area contributed by atoms with Crippen LogP contribution in [0.3, 0.4) is 0 Å². The zero-order valence-electron chi connectivity index (χ0n) is 20.0. The molecule has 4 rings (SSSR count). The van der Waals surface area contributed by atoms with E-state index in [0.29, 0.717) is 42.7 Å². The number of carbonyl (C=O) groups excluding carboxylic acids is 2. The Morgan fingerprint density at radius 1 is 1.21 bits per heavy atom. The average Bonchev–Trinajstić information content (AvgIpc) is 3.36. The van der Waals surface area contributed by atoms with Gasteiger partial charge in [-0.2, -0.15) is 5.21 Å². The van der Waals surface area contributed by atoms with Crippen LogP contribution >= 0.6 is 0 Å². The Kier molecular flexibility index (Phi) is 7.57. The fourth-order valence-electron chi connectivity index (χ4n) is 4.86. The first kappa shape index (κ1) is 22.0. The van der Waals surface area contributed by atoms with Crippen LogP contribution in [-0.4, -0.2) is 57.8 Å². The van der Waals surface area contributed by atoms with Gasteiger partial charge in [-0.3, -0.25) is 4.79 Å². The number of rotatable bonds is 9. The number of piperidine rings is 1. The second kappa shape index (κ2) is 11.4. The first-order chi connectivity index (χ1) is 16.4. The van der Waals surface area contributed by atoms with Crippen LogP contribution in [0.5, 0.6) is 0 Å². The van der Waals surface area contributed by atoms with E-state index >= 15 is 0 Å². The Morgan fingerprint density at radius 3 is 2.85 bits per heavy atom. The Labute approximate surface area is 195 Å². The van der Waals surface area contributed by atoms with Crippen molar-refractivity contribution in [1.29, 1.82) is 0 Å². The highest BCUT2D eigenvalue weighted by atomic mass is 16.6. The highest BCUT2D eigenvalue weighted by Gasteiger charge is 2.38. The minimum absolute atomic E-state index is 0.146. The third-order valence-corrected chi connectivity index (χ3v) is 6.78. The van der Waals surface area contributed by atoms with Crippen LogP contribution in [0.1, 0.15) is 63.0 Å². The van der Waals surface area contributed by atoms with E-state index in [2.05, 4.69) is 25.9 Å². The van der Waals surface area contributed by atoms with Crippen molar-refractivity contribution in [3.8, 4) is 0 Å². The lowest BCUT2D eigenvalue weighted by atomic mass is 9.69. The van der Waals surface area contributed by atoms with E-state index in [1.165, 1.54) is 0 Å². The number of H-pyrrole nitrogens is 1. The molecule has 2 N–H and O–H groups in total. The molecule has 1 saturated heterocycles. The van der Waals surface area contributed by atoms with Crippen LogP contribution in [0, 0.1) is 17.8 Å². The molecule has 1 aliphatic heterocycles. The zero-order valence-corrected chi connectivity index (χ0v) is 19.0. The predicted octanol–water partition coefficient (Wildman–Crippen LogP) is 2.71. The number of aromatic amines is 1. The van der Waals surface area contributed by atoms with Gasteiger partial charge in [0.2, 0.25) is 0 Å². The summed E-state index contributed by atoms with van der Waals surface area (Å²) >= 11 is 0. The summed E-state index contributed by atoms with van der Waals surface area (Å²) in [6.45, 7) is 2.56. The van der Waals surface area contributed by atoms with Gasteiger partial charge in [0, 0.05) is 12.8 Å². The summed E-state index contributed by atoms with van der Waals surface area (Å²) < 4.78 is 19.6. The van der Waals surface area contributed by atoms with Crippen molar-refractivity contribution in [1.82, 2.24) is 25.9 Å². The van der Waals surface area contributed by atoms with E-state index in [1.807, 2.05) is 6.07 Å². The van der Waals surface area contributed by atoms with Gasteiger partial charge in [0.1, 0.15) is 12.1 Å². The summed E-state index contributed by atoms with van der Waals surface area (Å²) in [7, 11) is 0. The van der Waals surface area contributed by atoms with Gasteiger partial charge >= 0.3 is 11.9 Å². The van der Waals surface area contributed by atoms with Gasteiger partial charge in [0.25, 0.3) is 0 Å². The SMILES string of the molecule is [2H][C@@]1(C(=O)O[C@@H](C)CCOC(=O)c2ccccc2)C[C@H]2C[C@@H](CCc3nn[nH]n3)CC[C@H]2CN1. The molecule has 1 saturated carbocycles. The molecular formula is C24H33N5O4. The van der Waals surface area contributed by atoms with Crippen LogP contribution in [0.15, 0.2) is 30.3 Å². The van der Waals surface area contributed by atoms with E-state index < -0.39 is 24.1 Å². The molecule has 9 nitrogen and oxygen atoms in total. The molecule has 5 atom stereocenters. The Hall–Kier alpha value is -2.81. The van der Waals surface area contributed by atoms with Crippen molar-refractivity contribution in [3.63, 3.8) is 0 Å². The highest BCUT2D eigenvalue weighted by molar-refractivity contribution is 5.89. The molecular weight excluding hydrogens is 422 g/mol. The topological polar surface area (TPSA) is 119 Å². The first-order valence-corrected chi connectivity index (χ1v) is 11.8. The number of nitrogens with one attached hydrogen (secondary N) is 2. The van der Waals surface area contributed by atoms with Crippen LogP contribution in [0.25, 0.3) is 0 Å². The first-order valence-electron chi connectivity index (χ1n) is 12.3. The zero-order chi connectivity index (χ0) is 24.0. The second-order valence-electron chi connectivity index (χ2n) is 9.14. The number of nitrogens with zero attached hydrogens (tertiary/aromatic N) is 3. The van der Waals surface area contributed by atoms with Crippen molar-refractivity contribution in [2.45, 2.75) is 64.0 Å². The summed E-state index contributed by atoms with van der Waals surface area (Å²) in [4.78, 5) is 24.9. The van der Waals surface area contributed by atoms with E-state index in [-0.39, 0.29) is 6.61 Å². The van der Waals surface area contributed by atoms with Crippen molar-refractivity contribution < 1.29 is 20.4 Å². The fraction of sp³-hybridized carbons (Fsp3) is 0.625. The average molecular weight is 457 g/mol. The number of benzene rings is 1. The number of esters is 2. The molecule has 0 bridgehead atoms. The lowest BCUT2D eigenvalue weighted by Gasteiger charge is -2.42. The van der Waals surface area contributed by atoms with Crippen LogP contribution in [0.4, 0.5) is 0 Å². The number of aryl methyl sites for hydroxylation is 1. The molecule has 0 radical (unpaired) electrons. The molecule has 2 aliphatic rings. The van der Waals surface area contributed by atoms with E-state index in [0.717, 1.165) is 37.9 Å². The molecule has 1 aromatic carbocycles. The molecule has 2 fully saturated rings. The number of carbonyl (C=O) groups is 2. The lowest BCUT2D eigenvalue weighted by molar-refractivity contribution is -0.153. The maximum atomic E-state index is 12.9. The molecule has 178 valence electrons. The Morgan fingerprint density at radius 2 is 2.06 bits per heavy atom. The van der Waals surface area contributed by atoms with Crippen LogP contribution < -0.4 is 5.32 Å². The molecule has 2 aromatic rings. The van der Waals surface area contributed by atoms with E-state index in [4.69, 9.17) is 10.8 Å². The van der Waals surface area contributed by atoms with Gasteiger partial charge in [-0.1, -0.05) is 29.8 Å². The fourth-order valence-corrected chi connectivity index (χ4v) is 4.86. The summed E-state index contributed by atoms with van der Waals surface area (Å²) in [5.41, 5.74) is 0.487. The largest absolute Gasteiger partial charge is 0.462 e. The standard InChI is InChI=1S/C24H33N5O4/c1-16(11-12-32-23(30)18-5-3-2-4-6-18)33-24(31)21-14-20-13-17(7-9-19(20)15-25-21)8-10-22-26-28-29-27-22/h2-6,16-17,19-21,25H,7-15H2,1H3,(H,26,27,28,29)/t16-,17+,19-,20+,21-/m0/s1/i21D. The van der Waals surface area contributed by atoms with E-state index in [9.17, 15) is 9.59 Å². The lowest BCUT2D eigenvalue weighted by Crippen LogP contribution is -2.50. The van der Waals surface area contributed by atoms with Crippen molar-refractivity contribution in [3.05, 3.63) is 41.7 Å². The van der Waals surface area contributed by atoms with Crippen molar-refractivity contribution >= 4 is 11.9 Å². The molecule has 2 heterocycles. The molecule has 0 unspecified atom stereocenters. The third kappa shape index (κ3) is 6.60. The van der Waals surface area contributed by atoms with Gasteiger partial charge in [0.05, 0.1) is 13.5 Å². The summed E-state index contributed by atoms with van der Waals surface area (Å²) in [6, 6.07) is 7.33. The van der Waals surface area contributed by atoms with Crippen molar-refractivity contribution in [2.75, 3.05) is 13.2 Å².